The molecular weight excluding hydrogens is 358 g/mol. The van der Waals surface area contributed by atoms with Gasteiger partial charge >= 0.3 is 0 Å². The zero-order chi connectivity index (χ0) is 19.2. The summed E-state index contributed by atoms with van der Waals surface area (Å²) in [5, 5.41) is 3.86. The summed E-state index contributed by atoms with van der Waals surface area (Å²) >= 11 is 1.48. The fraction of sp³-hybridized carbons (Fsp3) is 0.333. The smallest absolute Gasteiger partial charge is 0.230 e. The van der Waals surface area contributed by atoms with E-state index >= 15 is 0 Å². The molecule has 3 rings (SSSR count). The number of para-hydroxylation sites is 2. The molecule has 1 amide bonds. The number of fused-ring (bicyclic) bond motifs is 1. The van der Waals surface area contributed by atoms with Crippen molar-refractivity contribution in [3.63, 3.8) is 0 Å². The van der Waals surface area contributed by atoms with Gasteiger partial charge < -0.3 is 14.6 Å². The number of methoxy groups -OCH3 is 1. The van der Waals surface area contributed by atoms with Crippen molar-refractivity contribution in [2.45, 2.75) is 32.1 Å². The van der Waals surface area contributed by atoms with Crippen LogP contribution in [0.1, 0.15) is 19.4 Å². The topological polar surface area (TPSA) is 56.1 Å². The molecule has 0 bridgehead atoms. The van der Waals surface area contributed by atoms with Crippen molar-refractivity contribution in [3.8, 4) is 5.75 Å². The summed E-state index contributed by atoms with van der Waals surface area (Å²) in [6.07, 6.45) is 0. The predicted molar refractivity (Wildman–Crippen MR) is 110 cm³/mol. The average Bonchev–Trinajstić information content (AvgIpc) is 3.02. The van der Waals surface area contributed by atoms with E-state index in [1.807, 2.05) is 42.5 Å². The average molecular weight is 384 g/mol. The first-order valence-corrected chi connectivity index (χ1v) is 10.0. The van der Waals surface area contributed by atoms with Gasteiger partial charge in [-0.05, 0) is 35.7 Å². The summed E-state index contributed by atoms with van der Waals surface area (Å²) in [6, 6.07) is 15.8. The van der Waals surface area contributed by atoms with Gasteiger partial charge in [0, 0.05) is 13.1 Å². The van der Waals surface area contributed by atoms with Gasteiger partial charge in [-0.3, -0.25) is 4.79 Å². The normalized spacial score (nSPS) is 11.1. The highest BCUT2D eigenvalue weighted by molar-refractivity contribution is 7.99. The number of rotatable bonds is 8. The van der Waals surface area contributed by atoms with Crippen molar-refractivity contribution >= 4 is 28.7 Å². The number of nitrogens with one attached hydrogen (secondary N) is 1. The molecule has 0 aliphatic heterocycles. The Bertz CT molecular complexity index is 903. The van der Waals surface area contributed by atoms with Gasteiger partial charge in [0.25, 0.3) is 0 Å². The third-order valence-electron chi connectivity index (χ3n) is 4.15. The lowest BCUT2D eigenvalue weighted by molar-refractivity contribution is -0.118. The molecule has 1 N–H and O–H groups in total. The number of hydrogen-bond acceptors (Lipinski definition) is 4. The summed E-state index contributed by atoms with van der Waals surface area (Å²) in [5.74, 6) is 1.66. The van der Waals surface area contributed by atoms with Crippen molar-refractivity contribution in [3.05, 3.63) is 54.1 Å². The summed E-state index contributed by atoms with van der Waals surface area (Å²) in [7, 11) is 1.64. The molecule has 6 heteroatoms. The summed E-state index contributed by atoms with van der Waals surface area (Å²) in [4.78, 5) is 17.0. The first-order valence-electron chi connectivity index (χ1n) is 9.04. The number of benzene rings is 2. The molecule has 1 heterocycles. The molecule has 0 atom stereocenters. The maximum absolute atomic E-state index is 12.3. The molecule has 2 aromatic carbocycles. The minimum absolute atomic E-state index is 0.000953. The Hall–Kier alpha value is -2.47. The van der Waals surface area contributed by atoms with Crippen molar-refractivity contribution < 1.29 is 9.53 Å². The van der Waals surface area contributed by atoms with E-state index in [0.29, 0.717) is 18.2 Å². The van der Waals surface area contributed by atoms with Crippen LogP contribution in [0.4, 0.5) is 0 Å². The number of hydrogen-bond donors (Lipinski definition) is 1. The fourth-order valence-electron chi connectivity index (χ4n) is 2.83. The van der Waals surface area contributed by atoms with Gasteiger partial charge in [-0.2, -0.15) is 0 Å². The summed E-state index contributed by atoms with van der Waals surface area (Å²) < 4.78 is 7.36. The van der Waals surface area contributed by atoms with Gasteiger partial charge in [-0.15, -0.1) is 0 Å². The molecule has 0 radical (unpaired) electrons. The SMILES string of the molecule is COc1ccc(CNC(=O)CSc2nc3ccccc3n2CC(C)C)cc1. The Morgan fingerprint density at radius 1 is 1.19 bits per heavy atom. The van der Waals surface area contributed by atoms with Gasteiger partial charge in [-0.25, -0.2) is 4.98 Å². The van der Waals surface area contributed by atoms with Crippen molar-refractivity contribution in [1.82, 2.24) is 14.9 Å². The number of thioether (sulfide) groups is 1. The summed E-state index contributed by atoms with van der Waals surface area (Å²) in [5.41, 5.74) is 3.13. The molecular formula is C21H25N3O2S. The zero-order valence-corrected chi connectivity index (χ0v) is 16.8. The fourth-order valence-corrected chi connectivity index (χ4v) is 3.68. The molecule has 0 saturated carbocycles. The molecule has 1 aromatic heterocycles. The second kappa shape index (κ2) is 8.95. The van der Waals surface area contributed by atoms with Crippen LogP contribution in [0.3, 0.4) is 0 Å². The van der Waals surface area contributed by atoms with Gasteiger partial charge in [-0.1, -0.05) is 49.9 Å². The van der Waals surface area contributed by atoms with Crippen molar-refractivity contribution in [2.75, 3.05) is 12.9 Å². The maximum Gasteiger partial charge on any atom is 0.230 e. The van der Waals surface area contributed by atoms with Crippen LogP contribution in [0.15, 0.2) is 53.7 Å². The molecule has 0 fully saturated rings. The van der Waals surface area contributed by atoms with Crippen LogP contribution < -0.4 is 10.1 Å². The number of nitrogens with zero attached hydrogens (tertiary/aromatic N) is 2. The highest BCUT2D eigenvalue weighted by Crippen LogP contribution is 2.25. The van der Waals surface area contributed by atoms with E-state index in [-0.39, 0.29) is 5.91 Å². The maximum atomic E-state index is 12.3. The second-order valence-corrected chi connectivity index (χ2v) is 7.74. The quantitative estimate of drug-likeness (QED) is 0.595. The Morgan fingerprint density at radius 2 is 1.93 bits per heavy atom. The lowest BCUT2D eigenvalue weighted by atomic mass is 10.2. The van der Waals surface area contributed by atoms with Crippen molar-refractivity contribution in [1.29, 1.82) is 0 Å². The van der Waals surface area contributed by atoms with Gasteiger partial charge in [0.2, 0.25) is 5.91 Å². The van der Waals surface area contributed by atoms with Crippen LogP contribution >= 0.6 is 11.8 Å². The highest BCUT2D eigenvalue weighted by atomic mass is 32.2. The number of ether oxygens (including phenoxy) is 1. The van der Waals surface area contributed by atoms with E-state index in [9.17, 15) is 4.79 Å². The lowest BCUT2D eigenvalue weighted by Gasteiger charge is -2.11. The van der Waals surface area contributed by atoms with E-state index in [2.05, 4.69) is 29.8 Å². The molecule has 0 aliphatic rings. The van der Waals surface area contributed by atoms with E-state index in [4.69, 9.17) is 9.72 Å². The number of carbonyl (C=O) groups excluding carboxylic acids is 1. The first-order chi connectivity index (χ1) is 13.1. The molecule has 3 aromatic rings. The molecule has 0 spiro atoms. The standard InChI is InChI=1S/C21H25N3O2S/c1-15(2)13-24-19-7-5-4-6-18(19)23-21(24)27-14-20(25)22-12-16-8-10-17(26-3)11-9-16/h4-11,15H,12-14H2,1-3H3,(H,22,25). The summed E-state index contributed by atoms with van der Waals surface area (Å²) in [6.45, 7) is 5.76. The predicted octanol–water partition coefficient (Wildman–Crippen LogP) is 4.11. The largest absolute Gasteiger partial charge is 0.497 e. The van der Waals surface area contributed by atoms with E-state index in [1.165, 1.54) is 11.8 Å². The van der Waals surface area contributed by atoms with Crippen LogP contribution in [0.2, 0.25) is 0 Å². The zero-order valence-electron chi connectivity index (χ0n) is 15.9. The van der Waals surface area contributed by atoms with Crippen molar-refractivity contribution in [2.24, 2.45) is 5.92 Å². The van der Waals surface area contributed by atoms with E-state index in [0.717, 1.165) is 34.0 Å². The minimum atomic E-state index is -0.000953. The van der Waals surface area contributed by atoms with Crippen LogP contribution in [-0.4, -0.2) is 28.3 Å². The van der Waals surface area contributed by atoms with Crippen LogP contribution in [0, 0.1) is 5.92 Å². The van der Waals surface area contributed by atoms with Gasteiger partial charge in [0.15, 0.2) is 5.16 Å². The molecule has 0 aliphatic carbocycles. The molecule has 0 unspecified atom stereocenters. The number of carbonyl (C=O) groups is 1. The molecule has 27 heavy (non-hydrogen) atoms. The third-order valence-corrected chi connectivity index (χ3v) is 5.12. The monoisotopic (exact) mass is 383 g/mol. The van der Waals surface area contributed by atoms with Crippen LogP contribution in [0.5, 0.6) is 5.75 Å². The lowest BCUT2D eigenvalue weighted by Crippen LogP contribution is -2.24. The van der Waals surface area contributed by atoms with Gasteiger partial charge in [0.1, 0.15) is 5.75 Å². The Balaban J connectivity index is 1.61. The first kappa shape index (κ1) is 19.3. The van der Waals surface area contributed by atoms with Crippen LogP contribution in [-0.2, 0) is 17.9 Å². The number of aromatic nitrogens is 2. The number of amides is 1. The second-order valence-electron chi connectivity index (χ2n) is 6.80. The Kier molecular flexibility index (Phi) is 6.40. The third kappa shape index (κ3) is 5.04. The van der Waals surface area contributed by atoms with Crippen LogP contribution in [0.25, 0.3) is 11.0 Å². The number of imidazole rings is 1. The van der Waals surface area contributed by atoms with E-state index in [1.54, 1.807) is 7.11 Å². The Labute approximate surface area is 164 Å². The molecule has 142 valence electrons. The highest BCUT2D eigenvalue weighted by Gasteiger charge is 2.13. The molecule has 0 saturated heterocycles. The van der Waals surface area contributed by atoms with Gasteiger partial charge in [0.05, 0.1) is 23.9 Å². The van der Waals surface area contributed by atoms with E-state index < -0.39 is 0 Å². The minimum Gasteiger partial charge on any atom is -0.497 e. The Morgan fingerprint density at radius 3 is 2.63 bits per heavy atom. The molecule has 5 nitrogen and oxygen atoms in total.